The summed E-state index contributed by atoms with van der Waals surface area (Å²) in [6, 6.07) is 10.0. The van der Waals surface area contributed by atoms with Crippen molar-refractivity contribution >= 4 is 5.69 Å². The fourth-order valence-electron chi connectivity index (χ4n) is 2.69. The molecule has 0 atom stereocenters. The van der Waals surface area contributed by atoms with Gasteiger partial charge in [-0.3, -0.25) is 4.90 Å². The Hall–Kier alpha value is -2.20. The lowest BCUT2D eigenvalue weighted by atomic mass is 9.98. The molecule has 1 heterocycles. The normalized spacial score (nSPS) is 18.2. The van der Waals surface area contributed by atoms with E-state index in [4.69, 9.17) is 20.7 Å². The summed E-state index contributed by atoms with van der Waals surface area (Å²) in [6.45, 7) is -1.50. The van der Waals surface area contributed by atoms with E-state index < -0.39 is 12.9 Å². The first kappa shape index (κ1) is 11.4. The van der Waals surface area contributed by atoms with Crippen LogP contribution in [0.15, 0.2) is 36.4 Å². The van der Waals surface area contributed by atoms with Crippen molar-refractivity contribution in [3.05, 3.63) is 53.1 Å². The third kappa shape index (κ3) is 3.59. The van der Waals surface area contributed by atoms with Gasteiger partial charge in [0.15, 0.2) is 11.5 Å². The molecule has 2 aromatic carbocycles. The minimum atomic E-state index is -2.20. The molecular weight excluding hydrogens is 288 g/mol. The molecule has 0 saturated carbocycles. The average molecular weight is 316 g/mol. The molecule has 0 amide bonds. The van der Waals surface area contributed by atoms with E-state index in [9.17, 15) is 0 Å². The Morgan fingerprint density at radius 1 is 1.09 bits per heavy atom. The molecule has 0 radical (unpaired) electrons. The third-order valence-corrected chi connectivity index (χ3v) is 3.99. The van der Waals surface area contributed by atoms with Crippen molar-refractivity contribution in [3.63, 3.8) is 0 Å². The van der Waals surface area contributed by atoms with E-state index in [0.29, 0.717) is 30.2 Å². The quantitative estimate of drug-likeness (QED) is 0.862. The monoisotopic (exact) mass is 316 g/mol. The highest BCUT2D eigenvalue weighted by Gasteiger charge is 2.19. The van der Waals surface area contributed by atoms with Crippen LogP contribution >= 0.6 is 0 Å². The Morgan fingerprint density at radius 2 is 1.74 bits per heavy atom. The Labute approximate surface area is 143 Å². The van der Waals surface area contributed by atoms with Gasteiger partial charge < -0.3 is 15.2 Å². The maximum absolute atomic E-state index is 8.56. The fraction of sp³-hybridized carbons (Fsp3) is 0.368. The summed E-state index contributed by atoms with van der Waals surface area (Å²) in [5.74, 6) is 1.23. The molecule has 0 aromatic heterocycles. The van der Waals surface area contributed by atoms with Gasteiger partial charge >= 0.3 is 0 Å². The maximum Gasteiger partial charge on any atom is 0.161 e. The number of nitrogen functional groups attached to an aromatic ring is 1. The molecular formula is C19H24N2O2. The topological polar surface area (TPSA) is 47.7 Å². The second-order valence-electron chi connectivity index (χ2n) is 5.51. The third-order valence-electron chi connectivity index (χ3n) is 3.99. The maximum atomic E-state index is 8.56. The van der Waals surface area contributed by atoms with E-state index in [1.807, 2.05) is 12.1 Å². The van der Waals surface area contributed by atoms with Gasteiger partial charge in [-0.2, -0.15) is 0 Å². The summed E-state index contributed by atoms with van der Waals surface area (Å²) >= 11 is 0. The van der Waals surface area contributed by atoms with E-state index >= 15 is 0 Å². The van der Waals surface area contributed by atoms with Crippen LogP contribution in [0.2, 0.25) is 0 Å². The van der Waals surface area contributed by atoms with Gasteiger partial charge in [-0.1, -0.05) is 12.1 Å². The van der Waals surface area contributed by atoms with Gasteiger partial charge in [-0.15, -0.1) is 0 Å². The van der Waals surface area contributed by atoms with Crippen molar-refractivity contribution in [1.29, 1.82) is 0 Å². The van der Waals surface area contributed by atoms with Gasteiger partial charge in [0.1, 0.15) is 0 Å². The fourth-order valence-corrected chi connectivity index (χ4v) is 2.69. The van der Waals surface area contributed by atoms with E-state index in [-0.39, 0.29) is 12.1 Å². The number of anilines is 1. The van der Waals surface area contributed by atoms with Crippen molar-refractivity contribution in [2.45, 2.75) is 19.3 Å². The number of nitrogens with two attached hydrogens (primary N) is 1. The van der Waals surface area contributed by atoms with Crippen LogP contribution < -0.4 is 15.2 Å². The molecule has 1 aliphatic rings. The predicted molar refractivity (Wildman–Crippen MR) is 93.1 cm³/mol. The molecule has 4 heteroatoms. The number of rotatable bonds is 5. The summed E-state index contributed by atoms with van der Waals surface area (Å²) in [7, 11) is 3.14. The minimum Gasteiger partial charge on any atom is -0.493 e. The number of nitrogens with zero attached hydrogens (tertiary/aromatic N) is 1. The Kier molecular flexibility index (Phi) is 3.42. The first-order valence-electron chi connectivity index (χ1n) is 9.55. The zero-order valence-corrected chi connectivity index (χ0v) is 13.4. The Morgan fingerprint density at radius 3 is 2.39 bits per heavy atom. The molecule has 122 valence electrons. The molecule has 1 aliphatic heterocycles. The van der Waals surface area contributed by atoms with Crippen molar-refractivity contribution in [2.75, 3.05) is 33.0 Å². The van der Waals surface area contributed by atoms with Crippen LogP contribution in [-0.2, 0) is 19.3 Å². The molecule has 3 rings (SSSR count). The summed E-state index contributed by atoms with van der Waals surface area (Å²) in [5.41, 5.74) is 8.43. The van der Waals surface area contributed by atoms with Gasteiger partial charge in [0.25, 0.3) is 0 Å². The molecule has 4 nitrogen and oxygen atoms in total. The SMILES string of the molecule is [2H]C([2H])(c1ccc(N)cc1)C([2H])([2H])N1CCc2cc(OC)c(OC)cc2C1. The zero-order valence-electron chi connectivity index (χ0n) is 17.4. The minimum absolute atomic E-state index is 0.264. The van der Waals surface area contributed by atoms with Crippen LogP contribution in [-0.4, -0.2) is 32.2 Å². The smallest absolute Gasteiger partial charge is 0.161 e. The highest BCUT2D eigenvalue weighted by molar-refractivity contribution is 5.48. The number of hydrogen-bond donors (Lipinski definition) is 1. The number of methoxy groups -OCH3 is 2. The van der Waals surface area contributed by atoms with Crippen molar-refractivity contribution in [2.24, 2.45) is 0 Å². The highest BCUT2D eigenvalue weighted by Crippen LogP contribution is 2.33. The zero-order chi connectivity index (χ0) is 19.8. The van der Waals surface area contributed by atoms with Crippen LogP contribution in [0.4, 0.5) is 5.69 Å². The van der Waals surface area contributed by atoms with Crippen LogP contribution in [0, 0.1) is 0 Å². The number of fused-ring (bicyclic) bond motifs is 1. The van der Waals surface area contributed by atoms with E-state index in [0.717, 1.165) is 11.1 Å². The van der Waals surface area contributed by atoms with Crippen LogP contribution in [0.5, 0.6) is 11.5 Å². The molecule has 2 aromatic rings. The van der Waals surface area contributed by atoms with Gasteiger partial charge in [0, 0.05) is 30.8 Å². The Bertz CT molecular complexity index is 825. The van der Waals surface area contributed by atoms with Gasteiger partial charge in [0.05, 0.1) is 14.2 Å². The average Bonchev–Trinajstić information content (AvgIpc) is 2.66. The molecule has 0 spiro atoms. The predicted octanol–water partition coefficient (Wildman–Crippen LogP) is 2.89. The van der Waals surface area contributed by atoms with Gasteiger partial charge in [-0.25, -0.2) is 0 Å². The molecule has 0 fully saturated rings. The van der Waals surface area contributed by atoms with E-state index in [1.165, 1.54) is 4.90 Å². The van der Waals surface area contributed by atoms with Crippen LogP contribution in [0.3, 0.4) is 0 Å². The number of ether oxygens (including phenoxy) is 2. The van der Waals surface area contributed by atoms with Crippen LogP contribution in [0.25, 0.3) is 0 Å². The lowest BCUT2D eigenvalue weighted by molar-refractivity contribution is 0.255. The molecule has 0 unspecified atom stereocenters. The first-order chi connectivity index (χ1) is 12.7. The molecule has 0 saturated heterocycles. The second-order valence-corrected chi connectivity index (χ2v) is 5.51. The number of hydrogen-bond acceptors (Lipinski definition) is 4. The lowest BCUT2D eigenvalue weighted by Crippen LogP contribution is -2.32. The summed E-state index contributed by atoms with van der Waals surface area (Å²) < 4.78 is 44.7. The van der Waals surface area contributed by atoms with Crippen LogP contribution in [0.1, 0.15) is 22.2 Å². The first-order valence-corrected chi connectivity index (χ1v) is 7.55. The molecule has 23 heavy (non-hydrogen) atoms. The molecule has 0 bridgehead atoms. The van der Waals surface area contributed by atoms with Gasteiger partial charge in [0.2, 0.25) is 0 Å². The van der Waals surface area contributed by atoms with Crippen molar-refractivity contribution in [1.82, 2.24) is 4.90 Å². The largest absolute Gasteiger partial charge is 0.493 e. The summed E-state index contributed by atoms with van der Waals surface area (Å²) in [6.07, 6.45) is -1.60. The number of benzene rings is 2. The van der Waals surface area contributed by atoms with E-state index in [1.54, 1.807) is 38.5 Å². The second kappa shape index (κ2) is 6.92. The standard InChI is InChI=1S/C19H24N2O2/c1-22-18-11-15-8-10-21(13-16(15)12-19(18)23-2)9-7-14-3-5-17(20)6-4-14/h3-6,11-12H,7-10,13,20H2,1-2H3/i7D2,9D2. The summed E-state index contributed by atoms with van der Waals surface area (Å²) in [4.78, 5) is 1.54. The van der Waals surface area contributed by atoms with Crippen molar-refractivity contribution in [3.8, 4) is 11.5 Å². The summed E-state index contributed by atoms with van der Waals surface area (Å²) in [5, 5.41) is 0. The lowest BCUT2D eigenvalue weighted by Gasteiger charge is -2.29. The van der Waals surface area contributed by atoms with Crippen molar-refractivity contribution < 1.29 is 15.0 Å². The number of aryl methyl sites for hydroxylation is 1. The highest BCUT2D eigenvalue weighted by atomic mass is 16.5. The molecule has 0 aliphatic carbocycles. The van der Waals surface area contributed by atoms with Gasteiger partial charge in [-0.05, 0) is 53.7 Å². The molecule has 2 N–H and O–H groups in total. The van der Waals surface area contributed by atoms with E-state index in [2.05, 4.69) is 0 Å². The Balaban J connectivity index is 1.91.